The Kier molecular flexibility index (Phi) is 2.08. The summed E-state index contributed by atoms with van der Waals surface area (Å²) in [6.07, 6.45) is -0.297. The quantitative estimate of drug-likeness (QED) is 0.580. The van der Waals surface area contributed by atoms with Crippen LogP contribution in [0, 0.1) is 0 Å². The van der Waals surface area contributed by atoms with Crippen molar-refractivity contribution in [1.82, 2.24) is 0 Å². The fourth-order valence-corrected chi connectivity index (χ4v) is 1.44. The van der Waals surface area contributed by atoms with Gasteiger partial charge in [-0.2, -0.15) is 0 Å². The second-order valence-electron chi connectivity index (χ2n) is 3.48. The van der Waals surface area contributed by atoms with Crippen molar-refractivity contribution >= 4 is 0 Å². The maximum absolute atomic E-state index is 5.56. The molecule has 0 bridgehead atoms. The molecule has 0 saturated carbocycles. The van der Waals surface area contributed by atoms with Crippen molar-refractivity contribution < 1.29 is 18.9 Å². The van der Waals surface area contributed by atoms with E-state index in [1.807, 2.05) is 13.8 Å². The van der Waals surface area contributed by atoms with E-state index in [4.69, 9.17) is 18.9 Å². The summed E-state index contributed by atoms with van der Waals surface area (Å²) >= 11 is 0. The van der Waals surface area contributed by atoms with Gasteiger partial charge in [0.2, 0.25) is 0 Å². The first kappa shape index (κ1) is 8.44. The molecule has 70 valence electrons. The first-order valence-corrected chi connectivity index (χ1v) is 4.22. The highest BCUT2D eigenvalue weighted by atomic mass is 16.8. The molecule has 4 heteroatoms. The Bertz CT molecular complexity index is 162. The van der Waals surface area contributed by atoms with Crippen LogP contribution in [0.4, 0.5) is 0 Å². The van der Waals surface area contributed by atoms with E-state index < -0.39 is 5.79 Å². The van der Waals surface area contributed by atoms with Crippen LogP contribution < -0.4 is 0 Å². The highest BCUT2D eigenvalue weighted by Crippen LogP contribution is 2.26. The van der Waals surface area contributed by atoms with Crippen molar-refractivity contribution in [2.24, 2.45) is 0 Å². The molecule has 0 unspecified atom stereocenters. The van der Waals surface area contributed by atoms with E-state index in [1.165, 1.54) is 0 Å². The highest BCUT2D eigenvalue weighted by molar-refractivity contribution is 4.75. The molecule has 0 aliphatic carbocycles. The van der Waals surface area contributed by atoms with Gasteiger partial charge in [0, 0.05) is 0 Å². The van der Waals surface area contributed by atoms with Gasteiger partial charge in [-0.25, -0.2) is 0 Å². The van der Waals surface area contributed by atoms with Crippen LogP contribution in [0.25, 0.3) is 0 Å². The van der Waals surface area contributed by atoms with Crippen molar-refractivity contribution in [3.63, 3.8) is 0 Å². The molecule has 0 aromatic heterocycles. The summed E-state index contributed by atoms with van der Waals surface area (Å²) in [5.74, 6) is -0.486. The molecule has 0 aromatic carbocycles. The van der Waals surface area contributed by atoms with Crippen LogP contribution in [0.5, 0.6) is 0 Å². The van der Waals surface area contributed by atoms with E-state index >= 15 is 0 Å². The molecule has 1 atom stereocenters. The van der Waals surface area contributed by atoms with E-state index in [0.717, 1.165) is 0 Å². The topological polar surface area (TPSA) is 36.9 Å². The lowest BCUT2D eigenvalue weighted by molar-refractivity contribution is -0.181. The first-order chi connectivity index (χ1) is 5.67. The van der Waals surface area contributed by atoms with Crippen molar-refractivity contribution in [3.8, 4) is 0 Å². The van der Waals surface area contributed by atoms with Crippen molar-refractivity contribution in [2.45, 2.75) is 32.0 Å². The van der Waals surface area contributed by atoms with Crippen molar-refractivity contribution in [3.05, 3.63) is 0 Å². The third-order valence-corrected chi connectivity index (χ3v) is 1.98. The maximum atomic E-state index is 5.56. The summed E-state index contributed by atoms with van der Waals surface area (Å²) in [6, 6.07) is 0. The Morgan fingerprint density at radius 3 is 2.33 bits per heavy atom. The van der Waals surface area contributed by atoms with Crippen LogP contribution in [0.2, 0.25) is 0 Å². The van der Waals surface area contributed by atoms with E-state index in [1.54, 1.807) is 0 Å². The lowest BCUT2D eigenvalue weighted by Crippen LogP contribution is -2.31. The number of ether oxygens (including phenoxy) is 4. The zero-order chi connectivity index (χ0) is 8.60. The fraction of sp³-hybridized carbons (Fsp3) is 1.00. The normalized spacial score (nSPS) is 36.0. The zero-order valence-electron chi connectivity index (χ0n) is 7.41. The summed E-state index contributed by atoms with van der Waals surface area (Å²) in [4.78, 5) is 0. The molecule has 0 spiro atoms. The van der Waals surface area contributed by atoms with Crippen molar-refractivity contribution in [2.75, 3.05) is 19.8 Å². The van der Waals surface area contributed by atoms with Gasteiger partial charge in [-0.05, 0) is 13.8 Å². The summed E-state index contributed by atoms with van der Waals surface area (Å²) in [5, 5.41) is 0. The molecule has 0 radical (unpaired) electrons. The second kappa shape index (κ2) is 2.96. The van der Waals surface area contributed by atoms with Gasteiger partial charge in [0.1, 0.15) is 6.10 Å². The second-order valence-corrected chi connectivity index (χ2v) is 3.48. The standard InChI is InChI=1S/C8H14O4/c1-8(2)11-5-6(12-8)7-9-3-4-10-7/h6-7H,3-5H2,1-2H3/t6-/m1/s1. The first-order valence-electron chi connectivity index (χ1n) is 4.22. The molecular weight excluding hydrogens is 160 g/mol. The van der Waals surface area contributed by atoms with Gasteiger partial charge in [-0.1, -0.05) is 0 Å². The van der Waals surface area contributed by atoms with Gasteiger partial charge in [0.25, 0.3) is 0 Å². The predicted molar refractivity (Wildman–Crippen MR) is 40.6 cm³/mol. The summed E-state index contributed by atoms with van der Waals surface area (Å²) in [6.45, 7) is 5.65. The van der Waals surface area contributed by atoms with Crippen LogP contribution in [0.15, 0.2) is 0 Å². The molecule has 2 heterocycles. The Morgan fingerprint density at radius 2 is 1.83 bits per heavy atom. The third kappa shape index (κ3) is 1.61. The number of hydrogen-bond donors (Lipinski definition) is 0. The third-order valence-electron chi connectivity index (χ3n) is 1.98. The molecule has 2 rings (SSSR count). The fourth-order valence-electron chi connectivity index (χ4n) is 1.44. The minimum Gasteiger partial charge on any atom is -0.348 e. The molecule has 2 aliphatic heterocycles. The summed E-state index contributed by atoms with van der Waals surface area (Å²) in [7, 11) is 0. The number of hydrogen-bond acceptors (Lipinski definition) is 4. The van der Waals surface area contributed by atoms with Gasteiger partial charge in [0.05, 0.1) is 19.8 Å². The van der Waals surface area contributed by atoms with Gasteiger partial charge < -0.3 is 18.9 Å². The Labute approximate surface area is 71.7 Å². The minimum atomic E-state index is -0.486. The van der Waals surface area contributed by atoms with Crippen LogP contribution in [0.1, 0.15) is 13.8 Å². The van der Waals surface area contributed by atoms with Gasteiger partial charge in [-0.15, -0.1) is 0 Å². The smallest absolute Gasteiger partial charge is 0.186 e. The zero-order valence-corrected chi connectivity index (χ0v) is 7.41. The predicted octanol–water partition coefficient (Wildman–Crippen LogP) is 0.511. The Hall–Kier alpha value is -0.160. The minimum absolute atomic E-state index is 0.0671. The largest absolute Gasteiger partial charge is 0.348 e. The van der Waals surface area contributed by atoms with E-state index in [0.29, 0.717) is 19.8 Å². The van der Waals surface area contributed by atoms with Crippen LogP contribution in [-0.4, -0.2) is 38.0 Å². The lowest BCUT2D eigenvalue weighted by Gasteiger charge is -2.19. The highest BCUT2D eigenvalue weighted by Gasteiger charge is 2.39. The van der Waals surface area contributed by atoms with Gasteiger partial charge >= 0.3 is 0 Å². The molecular formula is C8H14O4. The average molecular weight is 174 g/mol. The number of rotatable bonds is 1. The Morgan fingerprint density at radius 1 is 1.17 bits per heavy atom. The molecule has 12 heavy (non-hydrogen) atoms. The molecule has 0 amide bonds. The summed E-state index contributed by atoms with van der Waals surface area (Å²) in [5.41, 5.74) is 0. The molecule has 4 nitrogen and oxygen atoms in total. The maximum Gasteiger partial charge on any atom is 0.186 e. The Balaban J connectivity index is 1.90. The van der Waals surface area contributed by atoms with E-state index in [2.05, 4.69) is 0 Å². The molecule has 0 aromatic rings. The molecule has 2 fully saturated rings. The summed E-state index contributed by atoms with van der Waals surface area (Å²) < 4.78 is 21.5. The van der Waals surface area contributed by atoms with Gasteiger partial charge in [0.15, 0.2) is 12.1 Å². The average Bonchev–Trinajstić information content (AvgIpc) is 2.55. The van der Waals surface area contributed by atoms with Gasteiger partial charge in [-0.3, -0.25) is 0 Å². The van der Waals surface area contributed by atoms with E-state index in [9.17, 15) is 0 Å². The molecule has 2 saturated heterocycles. The lowest BCUT2D eigenvalue weighted by atomic mass is 10.3. The molecule has 0 N–H and O–H groups in total. The van der Waals surface area contributed by atoms with Crippen LogP contribution >= 0.6 is 0 Å². The van der Waals surface area contributed by atoms with Crippen molar-refractivity contribution in [1.29, 1.82) is 0 Å². The SMILES string of the molecule is CC1(C)OC[C@H](C2OCCO2)O1. The van der Waals surface area contributed by atoms with Crippen LogP contribution in [-0.2, 0) is 18.9 Å². The van der Waals surface area contributed by atoms with E-state index in [-0.39, 0.29) is 12.4 Å². The van der Waals surface area contributed by atoms with Crippen LogP contribution in [0.3, 0.4) is 0 Å². The monoisotopic (exact) mass is 174 g/mol. The molecule has 2 aliphatic rings.